The largest absolute Gasteiger partial charge is 0.366 e. The second-order valence-corrected chi connectivity index (χ2v) is 8.08. The summed E-state index contributed by atoms with van der Waals surface area (Å²) in [5.41, 5.74) is 1.14. The van der Waals surface area contributed by atoms with Crippen molar-refractivity contribution in [1.29, 1.82) is 0 Å². The van der Waals surface area contributed by atoms with Crippen LogP contribution in [0.4, 0.5) is 5.82 Å². The van der Waals surface area contributed by atoms with Crippen LogP contribution in [-0.4, -0.2) is 29.8 Å². The summed E-state index contributed by atoms with van der Waals surface area (Å²) in [5, 5.41) is 3.19. The third kappa shape index (κ3) is 4.33. The number of anilines is 1. The summed E-state index contributed by atoms with van der Waals surface area (Å²) in [7, 11) is -3.54. The Bertz CT molecular complexity index is 734. The molecule has 0 aliphatic rings. The van der Waals surface area contributed by atoms with E-state index in [9.17, 15) is 8.42 Å². The molecule has 2 rings (SSSR count). The molecule has 0 atom stereocenters. The highest BCUT2D eigenvalue weighted by atomic mass is 32.2. The second-order valence-electron chi connectivity index (χ2n) is 6.24. The van der Waals surface area contributed by atoms with E-state index < -0.39 is 10.0 Å². The van der Waals surface area contributed by atoms with Crippen LogP contribution in [0.3, 0.4) is 0 Å². The van der Waals surface area contributed by atoms with E-state index in [1.807, 2.05) is 58.0 Å². The molecule has 6 heteroatoms. The van der Waals surface area contributed by atoms with Gasteiger partial charge in [0.1, 0.15) is 10.7 Å². The summed E-state index contributed by atoms with van der Waals surface area (Å²) in [6, 6.07) is 13.1. The summed E-state index contributed by atoms with van der Waals surface area (Å²) in [5.74, 6) is 0.651. The Morgan fingerprint density at radius 2 is 1.62 bits per heavy atom. The van der Waals surface area contributed by atoms with Gasteiger partial charge in [0, 0.05) is 24.8 Å². The fraction of sp³-hybridized carbons (Fsp3) is 0.389. The van der Waals surface area contributed by atoms with E-state index in [4.69, 9.17) is 0 Å². The minimum absolute atomic E-state index is 0.106. The van der Waals surface area contributed by atoms with E-state index in [1.54, 1.807) is 12.1 Å². The van der Waals surface area contributed by atoms with Gasteiger partial charge >= 0.3 is 0 Å². The van der Waals surface area contributed by atoms with Crippen LogP contribution in [0.15, 0.2) is 53.6 Å². The molecule has 0 amide bonds. The van der Waals surface area contributed by atoms with Crippen LogP contribution in [-0.2, 0) is 16.6 Å². The van der Waals surface area contributed by atoms with E-state index in [0.717, 1.165) is 5.56 Å². The van der Waals surface area contributed by atoms with Crippen LogP contribution >= 0.6 is 0 Å². The molecule has 130 valence electrons. The lowest BCUT2D eigenvalue weighted by Gasteiger charge is -2.29. The predicted octanol–water partition coefficient (Wildman–Crippen LogP) is 3.50. The van der Waals surface area contributed by atoms with E-state index in [1.165, 1.54) is 10.5 Å². The normalized spacial score (nSPS) is 12.1. The molecule has 0 unspecified atom stereocenters. The fourth-order valence-electron chi connectivity index (χ4n) is 2.70. The summed E-state index contributed by atoms with van der Waals surface area (Å²) in [6.07, 6.45) is 1.42. The maximum atomic E-state index is 12.8. The lowest BCUT2D eigenvalue weighted by atomic mass is 10.2. The molecule has 0 bridgehead atoms. The molecule has 5 nitrogen and oxygen atoms in total. The van der Waals surface area contributed by atoms with E-state index in [0.29, 0.717) is 12.4 Å². The first-order valence-electron chi connectivity index (χ1n) is 8.09. The molecule has 1 heterocycles. The first-order chi connectivity index (χ1) is 11.3. The van der Waals surface area contributed by atoms with Gasteiger partial charge in [0.25, 0.3) is 0 Å². The molecule has 1 N–H and O–H groups in total. The van der Waals surface area contributed by atoms with Crippen molar-refractivity contribution in [3.63, 3.8) is 0 Å². The molecule has 24 heavy (non-hydrogen) atoms. The third-order valence-electron chi connectivity index (χ3n) is 3.65. The van der Waals surface area contributed by atoms with Crippen molar-refractivity contribution >= 4 is 15.8 Å². The van der Waals surface area contributed by atoms with Crippen LogP contribution in [0.5, 0.6) is 0 Å². The van der Waals surface area contributed by atoms with E-state index in [2.05, 4.69) is 10.3 Å². The number of benzene rings is 1. The molecule has 0 saturated heterocycles. The number of pyridine rings is 1. The van der Waals surface area contributed by atoms with Crippen LogP contribution in [0.2, 0.25) is 0 Å². The molecule has 0 saturated carbocycles. The molecule has 0 spiro atoms. The summed E-state index contributed by atoms with van der Waals surface area (Å²) in [6.45, 7) is 8.15. The van der Waals surface area contributed by atoms with E-state index in [-0.39, 0.29) is 17.0 Å². The Morgan fingerprint density at radius 3 is 2.12 bits per heavy atom. The van der Waals surface area contributed by atoms with Gasteiger partial charge in [-0.25, -0.2) is 13.4 Å². The zero-order valence-corrected chi connectivity index (χ0v) is 15.4. The van der Waals surface area contributed by atoms with Gasteiger partial charge in [0.05, 0.1) is 0 Å². The summed E-state index contributed by atoms with van der Waals surface area (Å²) in [4.78, 5) is 4.46. The fourth-order valence-corrected chi connectivity index (χ4v) is 4.48. The number of nitrogens with zero attached hydrogens (tertiary/aromatic N) is 2. The van der Waals surface area contributed by atoms with Gasteiger partial charge in [-0.05, 0) is 45.4 Å². The second kappa shape index (κ2) is 7.77. The smallest absolute Gasteiger partial charge is 0.245 e. The summed E-state index contributed by atoms with van der Waals surface area (Å²) >= 11 is 0. The molecule has 0 radical (unpaired) electrons. The van der Waals surface area contributed by atoms with Crippen molar-refractivity contribution in [2.75, 3.05) is 5.32 Å². The van der Waals surface area contributed by atoms with Crippen molar-refractivity contribution in [1.82, 2.24) is 9.29 Å². The molecular formula is C18H25N3O2S. The van der Waals surface area contributed by atoms with Crippen LogP contribution < -0.4 is 5.32 Å². The maximum absolute atomic E-state index is 12.8. The average Bonchev–Trinajstić information content (AvgIpc) is 2.53. The highest BCUT2D eigenvalue weighted by Gasteiger charge is 2.29. The number of aromatic nitrogens is 1. The van der Waals surface area contributed by atoms with Crippen molar-refractivity contribution in [3.8, 4) is 0 Å². The highest BCUT2D eigenvalue weighted by Crippen LogP contribution is 2.21. The Balaban J connectivity index is 2.13. The van der Waals surface area contributed by atoms with Crippen molar-refractivity contribution in [2.24, 2.45) is 0 Å². The summed E-state index contributed by atoms with van der Waals surface area (Å²) < 4.78 is 27.0. The monoisotopic (exact) mass is 347 g/mol. The van der Waals surface area contributed by atoms with Crippen LogP contribution in [0, 0.1) is 0 Å². The van der Waals surface area contributed by atoms with Crippen LogP contribution in [0.1, 0.15) is 33.3 Å². The third-order valence-corrected chi connectivity index (χ3v) is 5.88. The molecule has 0 aliphatic heterocycles. The Kier molecular flexibility index (Phi) is 5.96. The maximum Gasteiger partial charge on any atom is 0.245 e. The number of hydrogen-bond acceptors (Lipinski definition) is 4. The Labute approximate surface area is 144 Å². The molecule has 1 aromatic carbocycles. The number of hydrogen-bond donors (Lipinski definition) is 1. The SMILES string of the molecule is CC(C)N(C(C)C)S(=O)(=O)c1ccc(NCc2ccccc2)nc1. The van der Waals surface area contributed by atoms with Crippen molar-refractivity contribution in [3.05, 3.63) is 54.2 Å². The lowest BCUT2D eigenvalue weighted by molar-refractivity contribution is 0.302. The number of sulfonamides is 1. The molecule has 0 aliphatic carbocycles. The minimum Gasteiger partial charge on any atom is -0.366 e. The van der Waals surface area contributed by atoms with E-state index >= 15 is 0 Å². The van der Waals surface area contributed by atoms with Crippen molar-refractivity contribution < 1.29 is 8.42 Å². The van der Waals surface area contributed by atoms with Gasteiger partial charge in [0.15, 0.2) is 0 Å². The van der Waals surface area contributed by atoms with Gasteiger partial charge in [0.2, 0.25) is 10.0 Å². The van der Waals surface area contributed by atoms with Gasteiger partial charge in [-0.2, -0.15) is 4.31 Å². The quantitative estimate of drug-likeness (QED) is 0.833. The van der Waals surface area contributed by atoms with Gasteiger partial charge in [-0.3, -0.25) is 0 Å². The van der Waals surface area contributed by atoms with Gasteiger partial charge in [-0.1, -0.05) is 30.3 Å². The van der Waals surface area contributed by atoms with Crippen LogP contribution in [0.25, 0.3) is 0 Å². The minimum atomic E-state index is -3.54. The number of nitrogens with one attached hydrogen (secondary N) is 1. The first kappa shape index (κ1) is 18.4. The number of rotatable bonds is 7. The molecule has 2 aromatic rings. The van der Waals surface area contributed by atoms with Gasteiger partial charge in [-0.15, -0.1) is 0 Å². The highest BCUT2D eigenvalue weighted by molar-refractivity contribution is 7.89. The average molecular weight is 347 g/mol. The zero-order chi connectivity index (χ0) is 17.7. The lowest BCUT2D eigenvalue weighted by Crippen LogP contribution is -2.41. The first-order valence-corrected chi connectivity index (χ1v) is 9.53. The zero-order valence-electron chi connectivity index (χ0n) is 14.6. The Hall–Kier alpha value is -1.92. The predicted molar refractivity (Wildman–Crippen MR) is 97.3 cm³/mol. The molecular weight excluding hydrogens is 322 g/mol. The molecule has 1 aromatic heterocycles. The van der Waals surface area contributed by atoms with Crippen molar-refractivity contribution in [2.45, 2.75) is 51.2 Å². The Morgan fingerprint density at radius 1 is 1.00 bits per heavy atom. The van der Waals surface area contributed by atoms with Gasteiger partial charge < -0.3 is 5.32 Å². The topological polar surface area (TPSA) is 62.3 Å². The molecule has 0 fully saturated rings. The standard InChI is InChI=1S/C18H25N3O2S/c1-14(2)21(15(3)4)24(22,23)17-10-11-18(20-13-17)19-12-16-8-6-5-7-9-16/h5-11,13-15H,12H2,1-4H3,(H,19,20).